The number of rotatable bonds is 6. The number of tetrazole rings is 1. The monoisotopic (exact) mass is 359 g/mol. The quantitative estimate of drug-likeness (QED) is 0.541. The summed E-state index contributed by atoms with van der Waals surface area (Å²) in [5, 5.41) is 15.8. The van der Waals surface area contributed by atoms with Gasteiger partial charge in [-0.1, -0.05) is 47.6 Å². The minimum absolute atomic E-state index is 0.152. The van der Waals surface area contributed by atoms with Crippen LogP contribution in [-0.4, -0.2) is 38.4 Å². The van der Waals surface area contributed by atoms with Crippen LogP contribution in [-0.2, 0) is 0 Å². The summed E-state index contributed by atoms with van der Waals surface area (Å²) in [7, 11) is 0. The summed E-state index contributed by atoms with van der Waals surface area (Å²) in [4.78, 5) is 12.0. The highest BCUT2D eigenvalue weighted by atomic mass is 35.5. The molecular formula is C16H14ClN5OS. The van der Waals surface area contributed by atoms with Crippen LogP contribution in [0.2, 0.25) is 5.02 Å². The smallest absolute Gasteiger partial charge is 0.251 e. The highest BCUT2D eigenvalue weighted by molar-refractivity contribution is 7.99. The summed E-state index contributed by atoms with van der Waals surface area (Å²) < 4.78 is 1.67. The molecule has 0 atom stereocenters. The lowest BCUT2D eigenvalue weighted by molar-refractivity contribution is 0.0956. The number of nitrogens with one attached hydrogen (secondary N) is 1. The number of halogens is 1. The molecule has 0 saturated heterocycles. The van der Waals surface area contributed by atoms with E-state index in [1.807, 2.05) is 30.3 Å². The molecule has 0 saturated carbocycles. The predicted molar refractivity (Wildman–Crippen MR) is 93.7 cm³/mol. The molecule has 0 aliphatic carbocycles. The molecule has 122 valence electrons. The van der Waals surface area contributed by atoms with Crippen LogP contribution < -0.4 is 5.32 Å². The average molecular weight is 360 g/mol. The molecule has 6 nitrogen and oxygen atoms in total. The van der Waals surface area contributed by atoms with Gasteiger partial charge in [0, 0.05) is 22.9 Å². The molecule has 0 bridgehead atoms. The van der Waals surface area contributed by atoms with E-state index in [1.54, 1.807) is 28.9 Å². The third kappa shape index (κ3) is 4.12. The number of hydrogen-bond acceptors (Lipinski definition) is 5. The zero-order valence-corrected chi connectivity index (χ0v) is 14.2. The van der Waals surface area contributed by atoms with E-state index in [-0.39, 0.29) is 5.91 Å². The molecule has 2 aromatic carbocycles. The summed E-state index contributed by atoms with van der Waals surface area (Å²) in [6, 6.07) is 16.5. The number of nitrogens with zero attached hydrogens (tertiary/aromatic N) is 4. The Morgan fingerprint density at radius 3 is 2.79 bits per heavy atom. The topological polar surface area (TPSA) is 72.7 Å². The zero-order chi connectivity index (χ0) is 16.8. The van der Waals surface area contributed by atoms with E-state index in [0.29, 0.717) is 28.0 Å². The van der Waals surface area contributed by atoms with Gasteiger partial charge in [-0.15, -0.1) is 5.10 Å². The standard InChI is InChI=1S/C16H14ClN5OS/c17-13-6-4-5-12(11-13)15(23)18-9-10-24-16-19-20-21-22(16)14-7-2-1-3-8-14/h1-8,11H,9-10H2,(H,18,23). The van der Waals surface area contributed by atoms with Gasteiger partial charge < -0.3 is 5.32 Å². The second-order valence-electron chi connectivity index (χ2n) is 4.82. The molecular weight excluding hydrogens is 346 g/mol. The van der Waals surface area contributed by atoms with Crippen LogP contribution >= 0.6 is 23.4 Å². The molecule has 24 heavy (non-hydrogen) atoms. The lowest BCUT2D eigenvalue weighted by Gasteiger charge is -2.06. The van der Waals surface area contributed by atoms with Gasteiger partial charge in [0.1, 0.15) is 0 Å². The van der Waals surface area contributed by atoms with Gasteiger partial charge in [0.05, 0.1) is 5.69 Å². The number of para-hydroxylation sites is 1. The Labute approximate surface area is 148 Å². The third-order valence-corrected chi connectivity index (χ3v) is 4.30. The SMILES string of the molecule is O=C(NCCSc1nnnn1-c1ccccc1)c1cccc(Cl)c1. The maximum absolute atomic E-state index is 12.0. The van der Waals surface area contributed by atoms with Crippen LogP contribution in [0.5, 0.6) is 0 Å². The highest BCUT2D eigenvalue weighted by Gasteiger charge is 2.09. The van der Waals surface area contributed by atoms with Crippen molar-refractivity contribution in [2.75, 3.05) is 12.3 Å². The van der Waals surface area contributed by atoms with Crippen molar-refractivity contribution in [1.82, 2.24) is 25.5 Å². The molecule has 0 aliphatic rings. The molecule has 0 fully saturated rings. The van der Waals surface area contributed by atoms with Crippen LogP contribution in [0.4, 0.5) is 0 Å². The van der Waals surface area contributed by atoms with Gasteiger partial charge in [-0.3, -0.25) is 4.79 Å². The number of thioether (sulfide) groups is 1. The molecule has 3 rings (SSSR count). The molecule has 0 spiro atoms. The van der Waals surface area contributed by atoms with Crippen molar-refractivity contribution in [2.24, 2.45) is 0 Å². The fourth-order valence-electron chi connectivity index (χ4n) is 2.04. The molecule has 1 aromatic heterocycles. The summed E-state index contributed by atoms with van der Waals surface area (Å²) in [6.45, 7) is 0.498. The van der Waals surface area contributed by atoms with E-state index in [2.05, 4.69) is 20.8 Å². The Balaban J connectivity index is 1.53. The first kappa shape index (κ1) is 16.5. The second kappa shape index (κ2) is 7.94. The fourth-order valence-corrected chi connectivity index (χ4v) is 2.97. The van der Waals surface area contributed by atoms with Crippen molar-refractivity contribution < 1.29 is 4.79 Å². The Morgan fingerprint density at radius 2 is 2.00 bits per heavy atom. The van der Waals surface area contributed by atoms with E-state index < -0.39 is 0 Å². The first-order chi connectivity index (χ1) is 11.7. The van der Waals surface area contributed by atoms with Gasteiger partial charge in [-0.25, -0.2) is 0 Å². The lowest BCUT2D eigenvalue weighted by atomic mass is 10.2. The Bertz CT molecular complexity index is 824. The number of amides is 1. The Morgan fingerprint density at radius 1 is 1.17 bits per heavy atom. The maximum atomic E-state index is 12.0. The van der Waals surface area contributed by atoms with Gasteiger partial charge >= 0.3 is 0 Å². The van der Waals surface area contributed by atoms with Crippen molar-refractivity contribution in [3.8, 4) is 5.69 Å². The van der Waals surface area contributed by atoms with Crippen molar-refractivity contribution in [1.29, 1.82) is 0 Å². The van der Waals surface area contributed by atoms with Gasteiger partial charge in [0.25, 0.3) is 5.91 Å². The van der Waals surface area contributed by atoms with Crippen LogP contribution in [0.25, 0.3) is 5.69 Å². The fraction of sp³-hybridized carbons (Fsp3) is 0.125. The van der Waals surface area contributed by atoms with E-state index in [0.717, 1.165) is 5.69 Å². The highest BCUT2D eigenvalue weighted by Crippen LogP contribution is 2.17. The molecule has 8 heteroatoms. The van der Waals surface area contributed by atoms with Crippen LogP contribution in [0, 0.1) is 0 Å². The summed E-state index contributed by atoms with van der Waals surface area (Å²) in [5.41, 5.74) is 1.44. The largest absolute Gasteiger partial charge is 0.351 e. The lowest BCUT2D eigenvalue weighted by Crippen LogP contribution is -2.25. The van der Waals surface area contributed by atoms with E-state index in [1.165, 1.54) is 11.8 Å². The van der Waals surface area contributed by atoms with Crippen LogP contribution in [0.3, 0.4) is 0 Å². The Hall–Kier alpha value is -2.38. The summed E-state index contributed by atoms with van der Waals surface area (Å²) >= 11 is 7.36. The number of hydrogen-bond donors (Lipinski definition) is 1. The number of carbonyl (C=O) groups excluding carboxylic acids is 1. The summed E-state index contributed by atoms with van der Waals surface area (Å²) in [6.07, 6.45) is 0. The molecule has 3 aromatic rings. The van der Waals surface area contributed by atoms with Crippen LogP contribution in [0.1, 0.15) is 10.4 Å². The predicted octanol–water partition coefficient (Wildman–Crippen LogP) is 2.84. The van der Waals surface area contributed by atoms with Gasteiger partial charge in [0.2, 0.25) is 5.16 Å². The molecule has 0 radical (unpaired) electrons. The zero-order valence-electron chi connectivity index (χ0n) is 12.6. The molecule has 0 unspecified atom stereocenters. The minimum Gasteiger partial charge on any atom is -0.351 e. The summed E-state index contributed by atoms with van der Waals surface area (Å²) in [5.74, 6) is 0.500. The van der Waals surface area contributed by atoms with Crippen molar-refractivity contribution in [3.63, 3.8) is 0 Å². The molecule has 1 N–H and O–H groups in total. The minimum atomic E-state index is -0.152. The van der Waals surface area contributed by atoms with Crippen molar-refractivity contribution in [3.05, 3.63) is 65.2 Å². The number of carbonyl (C=O) groups is 1. The van der Waals surface area contributed by atoms with Crippen molar-refractivity contribution in [2.45, 2.75) is 5.16 Å². The van der Waals surface area contributed by atoms with Crippen molar-refractivity contribution >= 4 is 29.3 Å². The van der Waals surface area contributed by atoms with Gasteiger partial charge in [-0.2, -0.15) is 4.68 Å². The normalized spacial score (nSPS) is 10.5. The van der Waals surface area contributed by atoms with E-state index in [4.69, 9.17) is 11.6 Å². The Kier molecular flexibility index (Phi) is 5.45. The molecule has 1 heterocycles. The van der Waals surface area contributed by atoms with Gasteiger partial charge in [0.15, 0.2) is 0 Å². The maximum Gasteiger partial charge on any atom is 0.251 e. The third-order valence-electron chi connectivity index (χ3n) is 3.15. The van der Waals surface area contributed by atoms with Crippen LogP contribution in [0.15, 0.2) is 59.8 Å². The molecule has 1 amide bonds. The number of aromatic nitrogens is 4. The second-order valence-corrected chi connectivity index (χ2v) is 6.32. The van der Waals surface area contributed by atoms with E-state index in [9.17, 15) is 4.79 Å². The first-order valence-electron chi connectivity index (χ1n) is 7.24. The molecule has 0 aliphatic heterocycles. The first-order valence-corrected chi connectivity index (χ1v) is 8.61. The average Bonchev–Trinajstić information content (AvgIpc) is 3.08. The number of benzene rings is 2. The van der Waals surface area contributed by atoms with E-state index >= 15 is 0 Å². The van der Waals surface area contributed by atoms with Gasteiger partial charge in [-0.05, 0) is 40.8 Å².